The highest BCUT2D eigenvalue weighted by Gasteiger charge is 2.12. The molecular weight excluding hydrogens is 376 g/mol. The van der Waals surface area contributed by atoms with Crippen LogP contribution in [0, 0.1) is 0 Å². The molecule has 0 spiro atoms. The van der Waals surface area contributed by atoms with Gasteiger partial charge >= 0.3 is 0 Å². The molecule has 0 aliphatic rings. The molecule has 0 aliphatic carbocycles. The Hall–Kier alpha value is -3.47. The molecule has 0 aliphatic heterocycles. The molecular formula is C25H28N2O3. The van der Waals surface area contributed by atoms with Crippen molar-refractivity contribution in [1.29, 1.82) is 0 Å². The maximum absolute atomic E-state index is 12.6. The average molecular weight is 405 g/mol. The number of phenolic OH excluding ortho intramolecular Hbond substituents is 1. The molecule has 0 radical (unpaired) electrons. The van der Waals surface area contributed by atoms with Gasteiger partial charge in [0.25, 0.3) is 5.91 Å². The summed E-state index contributed by atoms with van der Waals surface area (Å²) in [6.07, 6.45) is 2.45. The number of amides is 1. The highest BCUT2D eigenvalue weighted by Crippen LogP contribution is 2.23. The number of ether oxygens (including phenoxy) is 1. The van der Waals surface area contributed by atoms with Crippen LogP contribution in [0.15, 0.2) is 72.8 Å². The lowest BCUT2D eigenvalue weighted by atomic mass is 10.1. The number of nitrogen functional groups attached to an aromatic ring is 1. The third kappa shape index (κ3) is 6.27. The van der Waals surface area contributed by atoms with E-state index in [0.717, 1.165) is 18.4 Å². The Balaban J connectivity index is 1.52. The number of phenols is 1. The van der Waals surface area contributed by atoms with Crippen LogP contribution in [0.5, 0.6) is 11.5 Å². The van der Waals surface area contributed by atoms with Crippen molar-refractivity contribution in [2.24, 2.45) is 0 Å². The lowest BCUT2D eigenvalue weighted by Gasteiger charge is -2.15. The molecule has 0 saturated heterocycles. The number of hydrogen-bond acceptors (Lipinski definition) is 4. The minimum absolute atomic E-state index is 0.0501. The molecule has 4 N–H and O–H groups in total. The maximum Gasteiger partial charge on any atom is 0.251 e. The van der Waals surface area contributed by atoms with Crippen LogP contribution in [-0.2, 0) is 12.8 Å². The van der Waals surface area contributed by atoms with Crippen molar-refractivity contribution in [3.8, 4) is 11.5 Å². The highest BCUT2D eigenvalue weighted by molar-refractivity contribution is 5.95. The van der Waals surface area contributed by atoms with E-state index in [0.29, 0.717) is 30.0 Å². The number of aryl methyl sites for hydroxylation is 1. The maximum atomic E-state index is 12.6. The van der Waals surface area contributed by atoms with Gasteiger partial charge in [0.1, 0.15) is 11.5 Å². The van der Waals surface area contributed by atoms with Gasteiger partial charge in [-0.2, -0.15) is 0 Å². The summed E-state index contributed by atoms with van der Waals surface area (Å²) >= 11 is 0. The van der Waals surface area contributed by atoms with Gasteiger partial charge in [0, 0.05) is 18.0 Å². The van der Waals surface area contributed by atoms with E-state index in [4.69, 9.17) is 10.5 Å². The number of nitrogens with two attached hydrogens (primary N) is 1. The molecule has 5 heteroatoms. The van der Waals surface area contributed by atoms with Crippen LogP contribution in [0.1, 0.15) is 34.8 Å². The van der Waals surface area contributed by atoms with Gasteiger partial charge in [-0.05, 0) is 61.2 Å². The van der Waals surface area contributed by atoms with Crippen molar-refractivity contribution in [2.75, 3.05) is 12.3 Å². The highest BCUT2D eigenvalue weighted by atomic mass is 16.5. The fourth-order valence-electron chi connectivity index (χ4n) is 3.15. The summed E-state index contributed by atoms with van der Waals surface area (Å²) in [6.45, 7) is 2.43. The third-order valence-electron chi connectivity index (χ3n) is 4.95. The smallest absolute Gasteiger partial charge is 0.251 e. The van der Waals surface area contributed by atoms with Gasteiger partial charge in [0.15, 0.2) is 0 Å². The predicted molar refractivity (Wildman–Crippen MR) is 120 cm³/mol. The molecule has 0 aromatic heterocycles. The molecule has 3 aromatic rings. The van der Waals surface area contributed by atoms with Crippen LogP contribution < -0.4 is 15.8 Å². The normalized spacial score (nSPS) is 11.6. The van der Waals surface area contributed by atoms with E-state index in [2.05, 4.69) is 17.4 Å². The molecule has 1 amide bonds. The summed E-state index contributed by atoms with van der Waals surface area (Å²) in [6, 6.07) is 22.4. The minimum Gasteiger partial charge on any atom is -0.508 e. The van der Waals surface area contributed by atoms with Crippen LogP contribution in [0.25, 0.3) is 0 Å². The third-order valence-corrected chi connectivity index (χ3v) is 4.95. The largest absolute Gasteiger partial charge is 0.508 e. The fourth-order valence-corrected chi connectivity index (χ4v) is 3.15. The second kappa shape index (κ2) is 10.3. The number of nitrogens with one attached hydrogen (secondary N) is 1. The second-order valence-electron chi connectivity index (χ2n) is 7.42. The fraction of sp³-hybridized carbons (Fsp3) is 0.240. The van der Waals surface area contributed by atoms with E-state index in [-0.39, 0.29) is 17.7 Å². The van der Waals surface area contributed by atoms with E-state index in [1.807, 2.05) is 37.3 Å². The molecule has 30 heavy (non-hydrogen) atoms. The number of anilines is 1. The van der Waals surface area contributed by atoms with Crippen LogP contribution in [0.3, 0.4) is 0 Å². The summed E-state index contributed by atoms with van der Waals surface area (Å²) in [5, 5.41) is 12.4. The minimum atomic E-state index is -0.140. The molecule has 3 rings (SSSR count). The van der Waals surface area contributed by atoms with Gasteiger partial charge < -0.3 is 20.9 Å². The second-order valence-corrected chi connectivity index (χ2v) is 7.42. The van der Waals surface area contributed by atoms with Gasteiger partial charge in [0.05, 0.1) is 12.3 Å². The van der Waals surface area contributed by atoms with Gasteiger partial charge in [-0.15, -0.1) is 0 Å². The first-order valence-corrected chi connectivity index (χ1v) is 10.2. The number of carbonyl (C=O) groups excluding carboxylic acids is 1. The molecule has 0 heterocycles. The molecule has 0 bridgehead atoms. The summed E-state index contributed by atoms with van der Waals surface area (Å²) in [5.74, 6) is 0.595. The van der Waals surface area contributed by atoms with Crippen molar-refractivity contribution >= 4 is 11.6 Å². The predicted octanol–water partition coefficient (Wildman–Crippen LogP) is 4.35. The van der Waals surface area contributed by atoms with E-state index in [1.54, 1.807) is 30.3 Å². The Morgan fingerprint density at radius 3 is 2.43 bits per heavy atom. The molecule has 0 fully saturated rings. The molecule has 1 atom stereocenters. The first kappa shape index (κ1) is 21.2. The molecule has 0 saturated carbocycles. The topological polar surface area (TPSA) is 84.6 Å². The van der Waals surface area contributed by atoms with Crippen molar-refractivity contribution in [3.63, 3.8) is 0 Å². The van der Waals surface area contributed by atoms with E-state index in [9.17, 15) is 9.90 Å². The lowest BCUT2D eigenvalue weighted by Crippen LogP contribution is -2.32. The van der Waals surface area contributed by atoms with Gasteiger partial charge in [-0.1, -0.05) is 42.5 Å². The number of benzene rings is 3. The first-order chi connectivity index (χ1) is 14.5. The van der Waals surface area contributed by atoms with Crippen molar-refractivity contribution < 1.29 is 14.6 Å². The summed E-state index contributed by atoms with van der Waals surface area (Å²) in [4.78, 5) is 12.6. The summed E-state index contributed by atoms with van der Waals surface area (Å²) in [7, 11) is 0. The summed E-state index contributed by atoms with van der Waals surface area (Å²) in [5.41, 5.74) is 9.34. The van der Waals surface area contributed by atoms with Gasteiger partial charge in [-0.25, -0.2) is 0 Å². The number of aromatic hydroxyl groups is 1. The van der Waals surface area contributed by atoms with Crippen LogP contribution in [0.4, 0.5) is 5.69 Å². The van der Waals surface area contributed by atoms with E-state index in [1.165, 1.54) is 5.56 Å². The van der Waals surface area contributed by atoms with Crippen molar-refractivity contribution in [2.45, 2.75) is 32.2 Å². The summed E-state index contributed by atoms with van der Waals surface area (Å²) < 4.78 is 5.80. The van der Waals surface area contributed by atoms with Crippen LogP contribution >= 0.6 is 0 Å². The Bertz CT molecular complexity index is 956. The lowest BCUT2D eigenvalue weighted by molar-refractivity contribution is 0.0938. The van der Waals surface area contributed by atoms with E-state index >= 15 is 0 Å². The Labute approximate surface area is 177 Å². The average Bonchev–Trinajstić information content (AvgIpc) is 2.75. The number of carbonyl (C=O) groups is 1. The van der Waals surface area contributed by atoms with Gasteiger partial charge in [0.2, 0.25) is 0 Å². The molecule has 1 unspecified atom stereocenters. The number of rotatable bonds is 9. The zero-order valence-corrected chi connectivity index (χ0v) is 17.2. The Morgan fingerprint density at radius 1 is 1.00 bits per heavy atom. The Morgan fingerprint density at radius 2 is 1.70 bits per heavy atom. The van der Waals surface area contributed by atoms with Crippen molar-refractivity contribution in [1.82, 2.24) is 5.32 Å². The SMILES string of the molecule is CC(CCc1ccccc1)NC(=O)c1ccc(N)c(OCCc2ccc(O)cc2)c1. The Kier molecular flexibility index (Phi) is 7.33. The van der Waals surface area contributed by atoms with Crippen molar-refractivity contribution in [3.05, 3.63) is 89.5 Å². The molecule has 5 nitrogen and oxygen atoms in total. The molecule has 3 aromatic carbocycles. The van der Waals surface area contributed by atoms with Crippen LogP contribution in [0.2, 0.25) is 0 Å². The number of hydrogen-bond donors (Lipinski definition) is 3. The van der Waals surface area contributed by atoms with E-state index < -0.39 is 0 Å². The molecule has 156 valence electrons. The monoisotopic (exact) mass is 404 g/mol. The van der Waals surface area contributed by atoms with Gasteiger partial charge in [-0.3, -0.25) is 4.79 Å². The zero-order valence-electron chi connectivity index (χ0n) is 17.2. The first-order valence-electron chi connectivity index (χ1n) is 10.2. The quantitative estimate of drug-likeness (QED) is 0.463. The zero-order chi connectivity index (χ0) is 21.3. The van der Waals surface area contributed by atoms with Crippen LogP contribution in [-0.4, -0.2) is 23.7 Å². The standard InChI is InChI=1S/C25H28N2O3/c1-18(7-8-19-5-3-2-4-6-19)27-25(29)21-11-14-23(26)24(17-21)30-16-15-20-9-12-22(28)13-10-20/h2-6,9-14,17-18,28H,7-8,15-16,26H2,1H3,(H,27,29).